The summed E-state index contributed by atoms with van der Waals surface area (Å²) in [5.74, 6) is 0.641. The number of nitrogens with zero attached hydrogens (tertiary/aromatic N) is 4. The van der Waals surface area contributed by atoms with E-state index in [-0.39, 0.29) is 18.7 Å². The molecule has 12 heteroatoms. The van der Waals surface area contributed by atoms with Gasteiger partial charge in [-0.25, -0.2) is 15.0 Å². The summed E-state index contributed by atoms with van der Waals surface area (Å²) in [5.41, 5.74) is 1.52. The van der Waals surface area contributed by atoms with Crippen molar-refractivity contribution in [2.24, 2.45) is 0 Å². The summed E-state index contributed by atoms with van der Waals surface area (Å²) in [6, 6.07) is 4.81. The first-order chi connectivity index (χ1) is 17.5. The summed E-state index contributed by atoms with van der Waals surface area (Å²) in [6.07, 6.45) is 5.23. The highest BCUT2D eigenvalue weighted by Crippen LogP contribution is 2.35. The van der Waals surface area contributed by atoms with Crippen LogP contribution in [0.4, 0.5) is 5.82 Å². The van der Waals surface area contributed by atoms with Gasteiger partial charge in [0.15, 0.2) is 11.6 Å². The number of methoxy groups -OCH3 is 1. The van der Waals surface area contributed by atoms with Gasteiger partial charge in [0.05, 0.1) is 30.5 Å². The van der Waals surface area contributed by atoms with E-state index in [2.05, 4.69) is 20.5 Å². The van der Waals surface area contributed by atoms with Gasteiger partial charge in [0.25, 0.3) is 0 Å². The van der Waals surface area contributed by atoms with E-state index < -0.39 is 17.9 Å². The van der Waals surface area contributed by atoms with Crippen molar-refractivity contribution >= 4 is 51.2 Å². The second-order valence-corrected chi connectivity index (χ2v) is 9.35. The number of pyridine rings is 1. The number of rotatable bonds is 6. The fourth-order valence-corrected chi connectivity index (χ4v) is 4.99. The quantitative estimate of drug-likeness (QED) is 0.375. The van der Waals surface area contributed by atoms with Crippen LogP contribution in [-0.2, 0) is 19.1 Å². The fourth-order valence-electron chi connectivity index (χ4n) is 3.98. The van der Waals surface area contributed by atoms with Crippen LogP contribution in [0.2, 0.25) is 0 Å². The predicted octanol–water partition coefficient (Wildman–Crippen LogP) is 1.53. The minimum Gasteiger partial charge on any atom is -0.481 e. The Morgan fingerprint density at radius 1 is 1.28 bits per heavy atom. The number of hydrogen-bond acceptors (Lipinski definition) is 10. The van der Waals surface area contributed by atoms with Crippen LogP contribution in [0, 0.1) is 0 Å². The third-order valence-corrected chi connectivity index (χ3v) is 6.93. The fraction of sp³-hybridized carbons (Fsp3) is 0.333. The number of carbonyl (C=O) groups is 3. The summed E-state index contributed by atoms with van der Waals surface area (Å²) in [5, 5.41) is 4.88. The van der Waals surface area contributed by atoms with Crippen molar-refractivity contribution < 1.29 is 23.9 Å². The van der Waals surface area contributed by atoms with Gasteiger partial charge < -0.3 is 19.7 Å². The number of piperidine rings is 1. The first-order valence-corrected chi connectivity index (χ1v) is 12.3. The molecule has 1 unspecified atom stereocenters. The molecule has 5 heterocycles. The molecule has 5 rings (SSSR count). The van der Waals surface area contributed by atoms with E-state index in [9.17, 15) is 14.4 Å². The number of ether oxygens (including phenoxy) is 2. The van der Waals surface area contributed by atoms with E-state index in [1.165, 1.54) is 17.4 Å². The standard InChI is InChI=1S/C24H24N6O5S/c1-34-20-7-2-14(13-25-20)22-27-17-12-15(36-21(17)23(29-22)30-8-10-35-11-9-30)3-5-18(31)26-16-4-6-19(32)28-24(16)33/h2-3,5,7,12-13,16H,4,6,8-11H2,1H3,(H,26,31)(H,28,32,33)/b5-3+. The SMILES string of the molecule is COc1ccc(-c2nc(N3CCOCC3)c3sc(/C=C/C(=O)NC4CCC(=O)NC4=O)cc3n2)cn1. The Bertz CT molecular complexity index is 1330. The van der Waals surface area contributed by atoms with Gasteiger partial charge in [-0.1, -0.05) is 0 Å². The van der Waals surface area contributed by atoms with Crippen LogP contribution in [0.3, 0.4) is 0 Å². The molecule has 1 atom stereocenters. The molecule has 11 nitrogen and oxygen atoms in total. The zero-order valence-electron chi connectivity index (χ0n) is 19.5. The first kappa shape index (κ1) is 23.8. The molecular formula is C24H24N6O5S. The van der Waals surface area contributed by atoms with Crippen molar-refractivity contribution in [1.82, 2.24) is 25.6 Å². The third-order valence-electron chi connectivity index (χ3n) is 5.84. The first-order valence-electron chi connectivity index (χ1n) is 11.5. The summed E-state index contributed by atoms with van der Waals surface area (Å²) in [4.78, 5) is 52.5. The van der Waals surface area contributed by atoms with E-state index in [1.54, 1.807) is 25.4 Å². The van der Waals surface area contributed by atoms with E-state index in [1.807, 2.05) is 12.1 Å². The molecule has 186 valence electrons. The minimum absolute atomic E-state index is 0.200. The van der Waals surface area contributed by atoms with Gasteiger partial charge in [-0.05, 0) is 24.6 Å². The number of imide groups is 1. The van der Waals surface area contributed by atoms with E-state index in [4.69, 9.17) is 19.4 Å². The second-order valence-electron chi connectivity index (χ2n) is 8.27. The van der Waals surface area contributed by atoms with Crippen molar-refractivity contribution in [2.45, 2.75) is 18.9 Å². The Kier molecular flexibility index (Phi) is 6.87. The lowest BCUT2D eigenvalue weighted by atomic mass is 10.1. The molecule has 3 aromatic heterocycles. The van der Waals surface area contributed by atoms with Gasteiger partial charge in [-0.3, -0.25) is 19.7 Å². The van der Waals surface area contributed by atoms with Crippen LogP contribution in [0.15, 0.2) is 30.5 Å². The predicted molar refractivity (Wildman–Crippen MR) is 134 cm³/mol. The molecule has 0 bridgehead atoms. The molecule has 2 saturated heterocycles. The lowest BCUT2D eigenvalue weighted by Gasteiger charge is -2.28. The number of anilines is 1. The number of amides is 3. The Balaban J connectivity index is 1.42. The lowest BCUT2D eigenvalue weighted by Crippen LogP contribution is -2.51. The lowest BCUT2D eigenvalue weighted by molar-refractivity contribution is -0.136. The van der Waals surface area contributed by atoms with Gasteiger partial charge in [0, 0.05) is 48.3 Å². The Morgan fingerprint density at radius 3 is 2.83 bits per heavy atom. The van der Waals surface area contributed by atoms with E-state index in [0.717, 1.165) is 26.5 Å². The molecule has 2 N–H and O–H groups in total. The van der Waals surface area contributed by atoms with Crippen LogP contribution in [0.25, 0.3) is 27.7 Å². The maximum Gasteiger partial charge on any atom is 0.249 e. The maximum absolute atomic E-state index is 12.4. The highest BCUT2D eigenvalue weighted by atomic mass is 32.1. The average molecular weight is 509 g/mol. The van der Waals surface area contributed by atoms with Crippen molar-refractivity contribution in [2.75, 3.05) is 38.3 Å². The molecule has 36 heavy (non-hydrogen) atoms. The molecule has 0 saturated carbocycles. The minimum atomic E-state index is -0.721. The maximum atomic E-state index is 12.4. The molecule has 2 fully saturated rings. The molecule has 3 amide bonds. The summed E-state index contributed by atoms with van der Waals surface area (Å²) < 4.78 is 11.6. The zero-order valence-corrected chi connectivity index (χ0v) is 20.3. The number of hydrogen-bond donors (Lipinski definition) is 2. The van der Waals surface area contributed by atoms with E-state index in [0.29, 0.717) is 38.0 Å². The summed E-state index contributed by atoms with van der Waals surface area (Å²) >= 11 is 1.48. The second kappa shape index (κ2) is 10.4. The largest absolute Gasteiger partial charge is 0.481 e. The van der Waals surface area contributed by atoms with Crippen molar-refractivity contribution in [3.63, 3.8) is 0 Å². The van der Waals surface area contributed by atoms with Crippen LogP contribution in [0.5, 0.6) is 5.88 Å². The van der Waals surface area contributed by atoms with Gasteiger partial charge in [0.2, 0.25) is 23.6 Å². The van der Waals surface area contributed by atoms with Crippen LogP contribution >= 0.6 is 11.3 Å². The van der Waals surface area contributed by atoms with Gasteiger partial charge >= 0.3 is 0 Å². The summed E-state index contributed by atoms with van der Waals surface area (Å²) in [7, 11) is 1.56. The molecular weight excluding hydrogens is 484 g/mol. The zero-order chi connectivity index (χ0) is 25.1. The average Bonchev–Trinajstić information content (AvgIpc) is 3.32. The summed E-state index contributed by atoms with van der Waals surface area (Å²) in [6.45, 7) is 2.65. The molecule has 0 radical (unpaired) electrons. The smallest absolute Gasteiger partial charge is 0.249 e. The Labute approximate surface area is 210 Å². The van der Waals surface area contributed by atoms with Gasteiger partial charge in [-0.2, -0.15) is 0 Å². The normalized spacial score (nSPS) is 18.5. The Hall–Kier alpha value is -3.90. The number of thiophene rings is 1. The van der Waals surface area contributed by atoms with Gasteiger partial charge in [-0.15, -0.1) is 11.3 Å². The highest BCUT2D eigenvalue weighted by Gasteiger charge is 2.27. The number of aromatic nitrogens is 3. The molecule has 2 aliphatic heterocycles. The number of nitrogens with one attached hydrogen (secondary N) is 2. The molecule has 3 aromatic rings. The highest BCUT2D eigenvalue weighted by molar-refractivity contribution is 7.20. The number of fused-ring (bicyclic) bond motifs is 1. The number of carbonyl (C=O) groups excluding carboxylic acids is 3. The number of morpholine rings is 1. The van der Waals surface area contributed by atoms with Gasteiger partial charge in [0.1, 0.15) is 6.04 Å². The topological polar surface area (TPSA) is 136 Å². The third kappa shape index (κ3) is 5.19. The van der Waals surface area contributed by atoms with Crippen LogP contribution < -0.4 is 20.3 Å². The van der Waals surface area contributed by atoms with Crippen molar-refractivity contribution in [1.29, 1.82) is 0 Å². The van der Waals surface area contributed by atoms with Crippen molar-refractivity contribution in [3.05, 3.63) is 35.3 Å². The Morgan fingerprint density at radius 2 is 2.11 bits per heavy atom. The van der Waals surface area contributed by atoms with Crippen LogP contribution in [-0.4, -0.2) is 72.1 Å². The molecule has 2 aliphatic rings. The van der Waals surface area contributed by atoms with Crippen molar-refractivity contribution in [3.8, 4) is 17.3 Å². The molecule has 0 aromatic carbocycles. The monoisotopic (exact) mass is 508 g/mol. The molecule has 0 aliphatic carbocycles. The van der Waals surface area contributed by atoms with Crippen LogP contribution in [0.1, 0.15) is 17.7 Å². The molecule has 0 spiro atoms. The van der Waals surface area contributed by atoms with E-state index >= 15 is 0 Å².